The van der Waals surface area contributed by atoms with Gasteiger partial charge in [0.2, 0.25) is 5.91 Å². The minimum atomic E-state index is -1.25. The van der Waals surface area contributed by atoms with Gasteiger partial charge in [-0.1, -0.05) is 25.7 Å². The Balaban J connectivity index is 1.92. The lowest BCUT2D eigenvalue weighted by Crippen LogP contribution is -2.22. The number of nitrogens with one attached hydrogen (secondary N) is 1. The Morgan fingerprint density at radius 2 is 1.94 bits per heavy atom. The van der Waals surface area contributed by atoms with Gasteiger partial charge in [-0.15, -0.1) is 0 Å². The second-order valence-electron chi connectivity index (χ2n) is 9.84. The highest BCUT2D eigenvalue weighted by Crippen LogP contribution is 2.40. The van der Waals surface area contributed by atoms with Gasteiger partial charge < -0.3 is 19.7 Å². The lowest BCUT2D eigenvalue weighted by atomic mass is 10.0. The van der Waals surface area contributed by atoms with E-state index in [0.717, 1.165) is 49.6 Å². The third kappa shape index (κ3) is 6.07. The predicted octanol–water partition coefficient (Wildman–Crippen LogP) is 5.69. The van der Waals surface area contributed by atoms with Crippen molar-refractivity contribution in [2.24, 2.45) is 0 Å². The van der Waals surface area contributed by atoms with Crippen molar-refractivity contribution in [3.8, 4) is 22.5 Å². The van der Waals surface area contributed by atoms with Crippen molar-refractivity contribution in [3.05, 3.63) is 59.0 Å². The SMILES string of the molecule is CC(=O)Nc1cc(-c2c(-c3ccc(CO)cn3)c3ncc(Br)cc3n2COCC[Si](C)(C)C)ccn1. The van der Waals surface area contributed by atoms with Crippen LogP contribution in [0.1, 0.15) is 12.5 Å². The fourth-order valence-corrected chi connectivity index (χ4v) is 4.97. The number of carbonyl (C=O) groups excluding carboxylic acids is 1. The summed E-state index contributed by atoms with van der Waals surface area (Å²) in [5, 5.41) is 12.3. The summed E-state index contributed by atoms with van der Waals surface area (Å²) in [7, 11) is -1.25. The Morgan fingerprint density at radius 3 is 2.61 bits per heavy atom. The van der Waals surface area contributed by atoms with E-state index in [2.05, 4.69) is 55.4 Å². The summed E-state index contributed by atoms with van der Waals surface area (Å²) >= 11 is 3.57. The third-order valence-electron chi connectivity index (χ3n) is 5.69. The Labute approximate surface area is 219 Å². The van der Waals surface area contributed by atoms with Crippen molar-refractivity contribution in [1.29, 1.82) is 0 Å². The first kappa shape index (κ1) is 26.1. The molecule has 0 radical (unpaired) electrons. The number of amides is 1. The number of aliphatic hydroxyl groups excluding tert-OH is 1. The van der Waals surface area contributed by atoms with Crippen LogP contribution in [0.25, 0.3) is 33.5 Å². The van der Waals surface area contributed by atoms with Crippen molar-refractivity contribution < 1.29 is 14.6 Å². The zero-order valence-electron chi connectivity index (χ0n) is 20.9. The fraction of sp³-hybridized carbons (Fsp3) is 0.308. The van der Waals surface area contributed by atoms with Crippen LogP contribution < -0.4 is 5.32 Å². The van der Waals surface area contributed by atoms with Crippen molar-refractivity contribution in [2.75, 3.05) is 11.9 Å². The van der Waals surface area contributed by atoms with E-state index in [9.17, 15) is 9.90 Å². The van der Waals surface area contributed by atoms with Gasteiger partial charge in [0.15, 0.2) is 0 Å². The first-order valence-corrected chi connectivity index (χ1v) is 16.2. The van der Waals surface area contributed by atoms with Crippen LogP contribution in [0.5, 0.6) is 0 Å². The van der Waals surface area contributed by atoms with Crippen molar-refractivity contribution in [3.63, 3.8) is 0 Å². The Bertz CT molecular complexity index is 1380. The molecule has 4 rings (SSSR count). The van der Waals surface area contributed by atoms with Crippen LogP contribution in [-0.4, -0.2) is 45.2 Å². The van der Waals surface area contributed by atoms with Crippen molar-refractivity contribution in [1.82, 2.24) is 19.5 Å². The van der Waals surface area contributed by atoms with E-state index in [1.807, 2.05) is 30.3 Å². The quantitative estimate of drug-likeness (QED) is 0.199. The van der Waals surface area contributed by atoms with Crippen molar-refractivity contribution in [2.45, 2.75) is 45.9 Å². The maximum absolute atomic E-state index is 11.7. The molecule has 0 fully saturated rings. The van der Waals surface area contributed by atoms with Gasteiger partial charge in [-0.25, -0.2) is 4.98 Å². The topological polar surface area (TPSA) is 102 Å². The molecule has 8 nitrogen and oxygen atoms in total. The van der Waals surface area contributed by atoms with E-state index in [1.54, 1.807) is 18.6 Å². The number of nitrogens with zero attached hydrogens (tertiary/aromatic N) is 4. The molecule has 0 aromatic carbocycles. The number of halogens is 1. The molecule has 0 spiro atoms. The van der Waals surface area contributed by atoms with E-state index in [-0.39, 0.29) is 12.5 Å². The molecule has 4 aromatic rings. The van der Waals surface area contributed by atoms with Crippen LogP contribution in [0, 0.1) is 0 Å². The van der Waals surface area contributed by atoms with Gasteiger partial charge in [0.25, 0.3) is 0 Å². The molecule has 0 aliphatic heterocycles. The molecular weight excluding hydrogens is 538 g/mol. The molecule has 36 heavy (non-hydrogen) atoms. The Morgan fingerprint density at radius 1 is 1.14 bits per heavy atom. The van der Waals surface area contributed by atoms with Crippen LogP contribution in [0.15, 0.2) is 53.4 Å². The lowest BCUT2D eigenvalue weighted by Gasteiger charge is -2.17. The number of fused-ring (bicyclic) bond motifs is 1. The molecule has 188 valence electrons. The highest BCUT2D eigenvalue weighted by molar-refractivity contribution is 9.10. The number of aromatic nitrogens is 4. The van der Waals surface area contributed by atoms with E-state index >= 15 is 0 Å². The molecule has 0 bridgehead atoms. The predicted molar refractivity (Wildman–Crippen MR) is 148 cm³/mol. The molecule has 2 N–H and O–H groups in total. The number of rotatable bonds is 9. The zero-order chi connectivity index (χ0) is 25.9. The largest absolute Gasteiger partial charge is 0.392 e. The second kappa shape index (κ2) is 11.0. The van der Waals surface area contributed by atoms with E-state index in [0.29, 0.717) is 19.2 Å². The molecule has 4 heterocycles. The van der Waals surface area contributed by atoms with Gasteiger partial charge in [0.1, 0.15) is 12.5 Å². The molecule has 4 aromatic heterocycles. The number of aliphatic hydroxyl groups is 1. The zero-order valence-corrected chi connectivity index (χ0v) is 23.5. The van der Waals surface area contributed by atoms with Crippen LogP contribution in [0.2, 0.25) is 25.7 Å². The van der Waals surface area contributed by atoms with Gasteiger partial charge >= 0.3 is 0 Å². The monoisotopic (exact) mass is 567 g/mol. The minimum Gasteiger partial charge on any atom is -0.392 e. The smallest absolute Gasteiger partial charge is 0.222 e. The fourth-order valence-electron chi connectivity index (χ4n) is 3.90. The molecule has 1 amide bonds. The molecule has 0 aliphatic carbocycles. The molecule has 0 atom stereocenters. The van der Waals surface area contributed by atoms with Gasteiger partial charge in [-0.05, 0) is 51.8 Å². The van der Waals surface area contributed by atoms with Gasteiger partial charge in [0, 0.05) is 50.2 Å². The molecule has 0 saturated heterocycles. The van der Waals surface area contributed by atoms with Crippen LogP contribution in [-0.2, 0) is 22.9 Å². The molecular formula is C26H30BrN5O3Si. The molecule has 0 saturated carbocycles. The standard InChI is InChI=1S/C26H30BrN5O3Si/c1-17(34)31-23-11-19(7-8-28-23)26-24(21-6-5-18(15-33)13-29-21)25-22(12-20(27)14-30-25)32(26)16-35-9-10-36(2,3)4/h5-8,11-14,33H,9-10,15-16H2,1-4H3,(H,28,31,34). The highest BCUT2D eigenvalue weighted by Gasteiger charge is 2.23. The third-order valence-corrected chi connectivity index (χ3v) is 7.82. The van der Waals surface area contributed by atoms with Gasteiger partial charge in [-0.2, -0.15) is 0 Å². The number of ether oxygens (including phenoxy) is 1. The average Bonchev–Trinajstić information content (AvgIpc) is 3.14. The normalized spacial score (nSPS) is 11.7. The number of anilines is 1. The van der Waals surface area contributed by atoms with Crippen LogP contribution in [0.4, 0.5) is 5.82 Å². The highest BCUT2D eigenvalue weighted by atomic mass is 79.9. The van der Waals surface area contributed by atoms with Gasteiger partial charge in [-0.3, -0.25) is 14.8 Å². The second-order valence-corrected chi connectivity index (χ2v) is 16.4. The van der Waals surface area contributed by atoms with E-state index in [1.165, 1.54) is 6.92 Å². The summed E-state index contributed by atoms with van der Waals surface area (Å²) in [4.78, 5) is 25.4. The van der Waals surface area contributed by atoms with Crippen molar-refractivity contribution >= 4 is 46.8 Å². The summed E-state index contributed by atoms with van der Waals surface area (Å²) in [6.07, 6.45) is 5.11. The molecule has 10 heteroatoms. The first-order chi connectivity index (χ1) is 17.2. The maximum atomic E-state index is 11.7. The first-order valence-electron chi connectivity index (χ1n) is 11.7. The summed E-state index contributed by atoms with van der Waals surface area (Å²) in [6, 6.07) is 10.6. The summed E-state index contributed by atoms with van der Waals surface area (Å²) in [5.74, 6) is 0.266. The number of hydrogen-bond donors (Lipinski definition) is 2. The Hall–Kier alpha value is -2.92. The summed E-state index contributed by atoms with van der Waals surface area (Å²) < 4.78 is 9.15. The van der Waals surface area contributed by atoms with E-state index in [4.69, 9.17) is 9.72 Å². The number of hydrogen-bond acceptors (Lipinski definition) is 6. The Kier molecular flexibility index (Phi) is 7.99. The summed E-state index contributed by atoms with van der Waals surface area (Å²) in [6.45, 7) is 9.36. The molecule has 0 aliphatic rings. The van der Waals surface area contributed by atoms with Gasteiger partial charge in [0.05, 0.1) is 34.6 Å². The minimum absolute atomic E-state index is 0.0809. The summed E-state index contributed by atoms with van der Waals surface area (Å²) in [5.41, 5.74) is 5.68. The van der Waals surface area contributed by atoms with Crippen LogP contribution in [0.3, 0.4) is 0 Å². The average molecular weight is 569 g/mol. The molecule has 0 unspecified atom stereocenters. The number of pyridine rings is 3. The van der Waals surface area contributed by atoms with Crippen LogP contribution >= 0.6 is 15.9 Å². The van der Waals surface area contributed by atoms with E-state index < -0.39 is 8.07 Å². The number of carbonyl (C=O) groups is 1. The maximum Gasteiger partial charge on any atom is 0.222 e. The lowest BCUT2D eigenvalue weighted by molar-refractivity contribution is -0.114.